The van der Waals surface area contributed by atoms with Crippen molar-refractivity contribution in [3.8, 4) is 6.07 Å². The number of nitrogens with zero attached hydrogens (tertiary/aromatic N) is 1. The van der Waals surface area contributed by atoms with Crippen LogP contribution in [-0.4, -0.2) is 13.2 Å². The molecular formula is C11H10BrNO. The minimum absolute atomic E-state index is 0.270. The molecule has 2 nitrogen and oxygen atoms in total. The molecule has 1 aromatic carbocycles. The molecule has 0 unspecified atom stereocenters. The number of nitriles is 1. The zero-order chi connectivity index (χ0) is 10.0. The molecule has 2 rings (SSSR count). The molecule has 0 bridgehead atoms. The first kappa shape index (κ1) is 9.70. The summed E-state index contributed by atoms with van der Waals surface area (Å²) in [6, 6.07) is 10.4. The Kier molecular flexibility index (Phi) is 2.58. The normalized spacial score (nSPS) is 18.3. The van der Waals surface area contributed by atoms with E-state index in [1.165, 1.54) is 5.56 Å². The van der Waals surface area contributed by atoms with Crippen LogP contribution in [0.5, 0.6) is 0 Å². The van der Waals surface area contributed by atoms with Crippen LogP contribution in [0.15, 0.2) is 28.7 Å². The first-order valence-corrected chi connectivity index (χ1v) is 5.27. The molecule has 72 valence electrons. The van der Waals surface area contributed by atoms with Crippen molar-refractivity contribution in [2.45, 2.75) is 6.42 Å². The molecule has 1 fully saturated rings. The minimum atomic E-state index is -0.270. The fourth-order valence-electron chi connectivity index (χ4n) is 1.55. The molecule has 14 heavy (non-hydrogen) atoms. The highest BCUT2D eigenvalue weighted by molar-refractivity contribution is 9.10. The molecule has 0 aliphatic carbocycles. The average Bonchev–Trinajstić information content (AvgIpc) is 2.15. The van der Waals surface area contributed by atoms with E-state index in [1.54, 1.807) is 0 Å². The van der Waals surface area contributed by atoms with Crippen LogP contribution in [0, 0.1) is 16.7 Å². The second-order valence-electron chi connectivity index (χ2n) is 3.69. The number of hydrogen-bond acceptors (Lipinski definition) is 2. The highest BCUT2D eigenvalue weighted by Gasteiger charge is 2.38. The van der Waals surface area contributed by atoms with Crippen LogP contribution in [0.3, 0.4) is 0 Å². The summed E-state index contributed by atoms with van der Waals surface area (Å²) < 4.78 is 6.16. The third kappa shape index (κ3) is 1.82. The third-order valence-corrected chi connectivity index (χ3v) is 2.98. The molecule has 1 saturated heterocycles. The Morgan fingerprint density at radius 1 is 1.36 bits per heavy atom. The summed E-state index contributed by atoms with van der Waals surface area (Å²) in [6.07, 6.45) is 0.788. The zero-order valence-corrected chi connectivity index (χ0v) is 9.25. The number of benzene rings is 1. The molecule has 0 amide bonds. The van der Waals surface area contributed by atoms with Crippen molar-refractivity contribution in [3.63, 3.8) is 0 Å². The molecule has 0 atom stereocenters. The van der Waals surface area contributed by atoms with Crippen LogP contribution in [0.4, 0.5) is 0 Å². The Balaban J connectivity index is 2.11. The van der Waals surface area contributed by atoms with Gasteiger partial charge in [0.15, 0.2) is 0 Å². The molecule has 0 spiro atoms. The number of halogens is 1. The molecule has 0 radical (unpaired) electrons. The van der Waals surface area contributed by atoms with E-state index in [1.807, 2.05) is 24.3 Å². The minimum Gasteiger partial charge on any atom is -0.378 e. The van der Waals surface area contributed by atoms with Crippen LogP contribution >= 0.6 is 15.9 Å². The van der Waals surface area contributed by atoms with Gasteiger partial charge in [-0.1, -0.05) is 28.1 Å². The Bertz CT molecular complexity index is 362. The molecular weight excluding hydrogens is 242 g/mol. The monoisotopic (exact) mass is 251 g/mol. The lowest BCUT2D eigenvalue weighted by atomic mass is 9.81. The first-order valence-electron chi connectivity index (χ1n) is 4.48. The van der Waals surface area contributed by atoms with Gasteiger partial charge in [0.25, 0.3) is 0 Å². The van der Waals surface area contributed by atoms with Gasteiger partial charge < -0.3 is 4.74 Å². The van der Waals surface area contributed by atoms with E-state index in [4.69, 9.17) is 10.00 Å². The van der Waals surface area contributed by atoms with Gasteiger partial charge in [0.2, 0.25) is 0 Å². The van der Waals surface area contributed by atoms with Gasteiger partial charge in [0.05, 0.1) is 19.3 Å². The first-order chi connectivity index (χ1) is 6.74. The SMILES string of the molecule is N#CC1(Cc2ccc(Br)cc2)COC1. The van der Waals surface area contributed by atoms with Gasteiger partial charge in [-0.3, -0.25) is 0 Å². The average molecular weight is 252 g/mol. The van der Waals surface area contributed by atoms with E-state index in [2.05, 4.69) is 22.0 Å². The van der Waals surface area contributed by atoms with Crippen LogP contribution in [-0.2, 0) is 11.2 Å². The van der Waals surface area contributed by atoms with E-state index in [-0.39, 0.29) is 5.41 Å². The maximum absolute atomic E-state index is 9.01. The fraction of sp³-hybridized carbons (Fsp3) is 0.364. The van der Waals surface area contributed by atoms with Crippen LogP contribution < -0.4 is 0 Å². The van der Waals surface area contributed by atoms with Gasteiger partial charge >= 0.3 is 0 Å². The lowest BCUT2D eigenvalue weighted by molar-refractivity contribution is -0.0765. The predicted octanol–water partition coefficient (Wildman–Crippen LogP) is 2.53. The smallest absolute Gasteiger partial charge is 0.108 e. The van der Waals surface area contributed by atoms with E-state index in [9.17, 15) is 0 Å². The molecule has 1 aliphatic heterocycles. The molecule has 0 saturated carbocycles. The topological polar surface area (TPSA) is 33.0 Å². The molecule has 1 aliphatic rings. The maximum Gasteiger partial charge on any atom is 0.108 e. The Hall–Kier alpha value is -0.850. The summed E-state index contributed by atoms with van der Waals surface area (Å²) in [5.74, 6) is 0. The van der Waals surface area contributed by atoms with Crippen LogP contribution in [0.1, 0.15) is 5.56 Å². The Labute approximate surface area is 91.6 Å². The lowest BCUT2D eigenvalue weighted by Gasteiger charge is -2.35. The summed E-state index contributed by atoms with van der Waals surface area (Å²) >= 11 is 3.38. The van der Waals surface area contributed by atoms with E-state index < -0.39 is 0 Å². The van der Waals surface area contributed by atoms with Gasteiger partial charge in [-0.15, -0.1) is 0 Å². The van der Waals surface area contributed by atoms with Crippen molar-refractivity contribution >= 4 is 15.9 Å². The van der Waals surface area contributed by atoms with Gasteiger partial charge in [-0.2, -0.15) is 5.26 Å². The summed E-state index contributed by atoms with van der Waals surface area (Å²) in [5, 5.41) is 9.01. The van der Waals surface area contributed by atoms with E-state index in [0.29, 0.717) is 13.2 Å². The molecule has 1 heterocycles. The summed E-state index contributed by atoms with van der Waals surface area (Å²) in [7, 11) is 0. The molecule has 1 aromatic rings. The predicted molar refractivity (Wildman–Crippen MR) is 56.7 cm³/mol. The van der Waals surface area contributed by atoms with Crippen molar-refractivity contribution in [2.24, 2.45) is 5.41 Å². The van der Waals surface area contributed by atoms with Crippen molar-refractivity contribution in [1.29, 1.82) is 5.26 Å². The quantitative estimate of drug-likeness (QED) is 0.810. The van der Waals surface area contributed by atoms with E-state index >= 15 is 0 Å². The maximum atomic E-state index is 9.01. The zero-order valence-electron chi connectivity index (χ0n) is 7.66. The number of rotatable bonds is 2. The second-order valence-corrected chi connectivity index (χ2v) is 4.60. The highest BCUT2D eigenvalue weighted by Crippen LogP contribution is 2.31. The fourth-order valence-corrected chi connectivity index (χ4v) is 1.81. The van der Waals surface area contributed by atoms with Crippen molar-refractivity contribution in [1.82, 2.24) is 0 Å². The van der Waals surface area contributed by atoms with Gasteiger partial charge in [0, 0.05) is 4.47 Å². The van der Waals surface area contributed by atoms with Gasteiger partial charge in [0.1, 0.15) is 5.41 Å². The van der Waals surface area contributed by atoms with Gasteiger partial charge in [-0.05, 0) is 24.1 Å². The molecule has 3 heteroatoms. The number of ether oxygens (including phenoxy) is 1. The van der Waals surface area contributed by atoms with Crippen molar-refractivity contribution in [3.05, 3.63) is 34.3 Å². The van der Waals surface area contributed by atoms with Crippen LogP contribution in [0.25, 0.3) is 0 Å². The van der Waals surface area contributed by atoms with Gasteiger partial charge in [-0.25, -0.2) is 0 Å². The summed E-state index contributed by atoms with van der Waals surface area (Å²) in [6.45, 7) is 1.14. The highest BCUT2D eigenvalue weighted by atomic mass is 79.9. The second kappa shape index (κ2) is 3.72. The summed E-state index contributed by atoms with van der Waals surface area (Å²) in [4.78, 5) is 0. The van der Waals surface area contributed by atoms with Crippen molar-refractivity contribution < 1.29 is 4.74 Å². The molecule has 0 N–H and O–H groups in total. The molecule has 0 aromatic heterocycles. The van der Waals surface area contributed by atoms with Crippen LogP contribution in [0.2, 0.25) is 0 Å². The summed E-state index contributed by atoms with van der Waals surface area (Å²) in [5.41, 5.74) is 0.923. The van der Waals surface area contributed by atoms with Crippen molar-refractivity contribution in [2.75, 3.05) is 13.2 Å². The number of hydrogen-bond donors (Lipinski definition) is 0. The largest absolute Gasteiger partial charge is 0.378 e. The third-order valence-electron chi connectivity index (χ3n) is 2.45. The standard InChI is InChI=1S/C11H10BrNO/c12-10-3-1-9(2-4-10)5-11(6-13)7-14-8-11/h1-4H,5,7-8H2. The lowest BCUT2D eigenvalue weighted by Crippen LogP contribution is -2.43. The Morgan fingerprint density at radius 3 is 2.43 bits per heavy atom. The van der Waals surface area contributed by atoms with E-state index in [0.717, 1.165) is 10.9 Å². The Morgan fingerprint density at radius 2 is 2.00 bits per heavy atom.